The van der Waals surface area contributed by atoms with Crippen molar-refractivity contribution in [1.29, 1.82) is 0 Å². The van der Waals surface area contributed by atoms with Gasteiger partial charge < -0.3 is 11.1 Å². The van der Waals surface area contributed by atoms with Crippen LogP contribution in [0.1, 0.15) is 5.56 Å². The van der Waals surface area contributed by atoms with Crippen molar-refractivity contribution in [2.45, 2.75) is 6.42 Å². The van der Waals surface area contributed by atoms with Crippen LogP contribution in [0.3, 0.4) is 0 Å². The van der Waals surface area contributed by atoms with Gasteiger partial charge in [0.1, 0.15) is 11.6 Å². The van der Waals surface area contributed by atoms with E-state index in [1.165, 1.54) is 12.1 Å². The standard InChI is InChI=1S/C14H14F2N2/c15-11-5-2-1-4-10(11)8-9-18-14-12(16)6-3-7-13(14)17/h1-7,18H,8-9,17H2. The van der Waals surface area contributed by atoms with E-state index in [1.54, 1.807) is 30.3 Å². The summed E-state index contributed by atoms with van der Waals surface area (Å²) in [5, 5.41) is 2.89. The zero-order valence-corrected chi connectivity index (χ0v) is 9.79. The van der Waals surface area contributed by atoms with E-state index >= 15 is 0 Å². The van der Waals surface area contributed by atoms with Crippen molar-refractivity contribution in [3.63, 3.8) is 0 Å². The molecule has 0 aliphatic carbocycles. The van der Waals surface area contributed by atoms with Gasteiger partial charge in [0.2, 0.25) is 0 Å². The van der Waals surface area contributed by atoms with Crippen LogP contribution in [-0.4, -0.2) is 6.54 Å². The Morgan fingerprint density at radius 2 is 1.67 bits per heavy atom. The van der Waals surface area contributed by atoms with E-state index in [9.17, 15) is 8.78 Å². The summed E-state index contributed by atoms with van der Waals surface area (Å²) >= 11 is 0. The Labute approximate surface area is 104 Å². The highest BCUT2D eigenvalue weighted by Crippen LogP contribution is 2.21. The first-order chi connectivity index (χ1) is 8.68. The van der Waals surface area contributed by atoms with Crippen LogP contribution < -0.4 is 11.1 Å². The number of hydrogen-bond acceptors (Lipinski definition) is 2. The van der Waals surface area contributed by atoms with Crippen LogP contribution in [-0.2, 0) is 6.42 Å². The maximum atomic E-state index is 13.4. The van der Waals surface area contributed by atoms with Gasteiger partial charge in [0.15, 0.2) is 0 Å². The third-order valence-electron chi connectivity index (χ3n) is 2.70. The van der Waals surface area contributed by atoms with Gasteiger partial charge in [-0.05, 0) is 30.2 Å². The fraction of sp³-hybridized carbons (Fsp3) is 0.143. The summed E-state index contributed by atoms with van der Waals surface area (Å²) in [5.74, 6) is -0.649. The van der Waals surface area contributed by atoms with E-state index in [2.05, 4.69) is 5.32 Å². The van der Waals surface area contributed by atoms with Crippen molar-refractivity contribution in [1.82, 2.24) is 0 Å². The Morgan fingerprint density at radius 3 is 2.39 bits per heavy atom. The number of nitrogen functional groups attached to an aromatic ring is 1. The minimum Gasteiger partial charge on any atom is -0.397 e. The van der Waals surface area contributed by atoms with Gasteiger partial charge in [0, 0.05) is 6.54 Å². The molecule has 0 aliphatic rings. The Hall–Kier alpha value is -2.10. The lowest BCUT2D eigenvalue weighted by Crippen LogP contribution is -2.09. The molecule has 94 valence electrons. The van der Waals surface area contributed by atoms with Gasteiger partial charge in [-0.3, -0.25) is 0 Å². The van der Waals surface area contributed by atoms with E-state index in [1.807, 2.05) is 0 Å². The molecular weight excluding hydrogens is 234 g/mol. The minimum atomic E-state index is -0.400. The Kier molecular flexibility index (Phi) is 3.77. The molecule has 0 spiro atoms. The summed E-state index contributed by atoms with van der Waals surface area (Å²) in [6.45, 7) is 0.423. The molecule has 0 unspecified atom stereocenters. The van der Waals surface area contributed by atoms with Crippen LogP contribution in [0.15, 0.2) is 42.5 Å². The molecule has 0 aliphatic heterocycles. The van der Waals surface area contributed by atoms with Crippen LogP contribution in [0.4, 0.5) is 20.2 Å². The lowest BCUT2D eigenvalue weighted by molar-refractivity contribution is 0.610. The first kappa shape index (κ1) is 12.4. The first-order valence-corrected chi connectivity index (χ1v) is 5.70. The monoisotopic (exact) mass is 248 g/mol. The van der Waals surface area contributed by atoms with Gasteiger partial charge in [-0.15, -0.1) is 0 Å². The zero-order valence-electron chi connectivity index (χ0n) is 9.79. The second-order valence-electron chi connectivity index (χ2n) is 3.97. The van der Waals surface area contributed by atoms with Crippen molar-refractivity contribution in [3.05, 3.63) is 59.7 Å². The van der Waals surface area contributed by atoms with Gasteiger partial charge in [-0.1, -0.05) is 24.3 Å². The van der Waals surface area contributed by atoms with Crippen molar-refractivity contribution in [3.8, 4) is 0 Å². The van der Waals surface area contributed by atoms with Gasteiger partial charge in [-0.2, -0.15) is 0 Å². The molecule has 0 heterocycles. The molecule has 2 aromatic carbocycles. The molecule has 4 heteroatoms. The summed E-state index contributed by atoms with van der Waals surface area (Å²) in [7, 11) is 0. The highest BCUT2D eigenvalue weighted by molar-refractivity contribution is 5.66. The lowest BCUT2D eigenvalue weighted by atomic mass is 10.1. The number of rotatable bonds is 4. The van der Waals surface area contributed by atoms with Crippen LogP contribution in [0.5, 0.6) is 0 Å². The van der Waals surface area contributed by atoms with Crippen LogP contribution >= 0.6 is 0 Å². The predicted octanol–water partition coefficient (Wildman–Crippen LogP) is 3.20. The second kappa shape index (κ2) is 5.49. The topological polar surface area (TPSA) is 38.0 Å². The molecule has 2 nitrogen and oxygen atoms in total. The number of para-hydroxylation sites is 1. The van der Waals surface area contributed by atoms with Crippen LogP contribution in [0, 0.1) is 11.6 Å². The van der Waals surface area contributed by atoms with Crippen LogP contribution in [0.25, 0.3) is 0 Å². The fourth-order valence-electron chi connectivity index (χ4n) is 1.75. The SMILES string of the molecule is Nc1cccc(F)c1NCCc1ccccc1F. The summed E-state index contributed by atoms with van der Waals surface area (Å²) in [6.07, 6.45) is 0.473. The Bertz CT molecular complexity index is 521. The number of halogens is 2. The fourth-order valence-corrected chi connectivity index (χ4v) is 1.75. The van der Waals surface area contributed by atoms with Crippen molar-refractivity contribution < 1.29 is 8.78 Å². The summed E-state index contributed by atoms with van der Waals surface area (Å²) in [4.78, 5) is 0. The van der Waals surface area contributed by atoms with Crippen LogP contribution in [0.2, 0.25) is 0 Å². The number of benzene rings is 2. The van der Waals surface area contributed by atoms with E-state index < -0.39 is 5.82 Å². The normalized spacial score (nSPS) is 10.3. The van der Waals surface area contributed by atoms with E-state index in [-0.39, 0.29) is 11.5 Å². The Balaban J connectivity index is 1.99. The molecule has 2 aromatic rings. The number of hydrogen-bond donors (Lipinski definition) is 2. The maximum Gasteiger partial charge on any atom is 0.148 e. The average molecular weight is 248 g/mol. The van der Waals surface area contributed by atoms with Crippen molar-refractivity contribution >= 4 is 11.4 Å². The largest absolute Gasteiger partial charge is 0.397 e. The molecule has 0 amide bonds. The molecule has 2 rings (SSSR count). The van der Waals surface area contributed by atoms with E-state index in [0.29, 0.717) is 24.2 Å². The van der Waals surface area contributed by atoms with E-state index in [4.69, 9.17) is 5.73 Å². The molecule has 0 atom stereocenters. The molecule has 0 bridgehead atoms. The maximum absolute atomic E-state index is 13.4. The van der Waals surface area contributed by atoms with Crippen molar-refractivity contribution in [2.24, 2.45) is 0 Å². The first-order valence-electron chi connectivity index (χ1n) is 5.70. The quantitative estimate of drug-likeness (QED) is 0.815. The third kappa shape index (κ3) is 2.77. The summed E-state index contributed by atoms with van der Waals surface area (Å²) in [6, 6.07) is 11.0. The van der Waals surface area contributed by atoms with E-state index in [0.717, 1.165) is 0 Å². The molecule has 3 N–H and O–H groups in total. The summed E-state index contributed by atoms with van der Waals surface area (Å²) < 4.78 is 26.8. The van der Waals surface area contributed by atoms with Crippen molar-refractivity contribution in [2.75, 3.05) is 17.6 Å². The number of nitrogens with one attached hydrogen (secondary N) is 1. The zero-order chi connectivity index (χ0) is 13.0. The number of anilines is 2. The Morgan fingerprint density at radius 1 is 0.944 bits per heavy atom. The molecular formula is C14H14F2N2. The van der Waals surface area contributed by atoms with Gasteiger partial charge in [-0.25, -0.2) is 8.78 Å². The molecule has 0 saturated carbocycles. The summed E-state index contributed by atoms with van der Waals surface area (Å²) in [5.41, 5.74) is 6.87. The second-order valence-corrected chi connectivity index (χ2v) is 3.97. The van der Waals surface area contributed by atoms with Gasteiger partial charge >= 0.3 is 0 Å². The third-order valence-corrected chi connectivity index (χ3v) is 2.70. The highest BCUT2D eigenvalue weighted by atomic mass is 19.1. The highest BCUT2D eigenvalue weighted by Gasteiger charge is 2.05. The number of nitrogens with two attached hydrogens (primary N) is 1. The van der Waals surface area contributed by atoms with Gasteiger partial charge in [0.25, 0.3) is 0 Å². The predicted molar refractivity (Wildman–Crippen MR) is 69.4 cm³/mol. The lowest BCUT2D eigenvalue weighted by Gasteiger charge is -2.10. The molecule has 0 radical (unpaired) electrons. The minimum absolute atomic E-state index is 0.249. The molecule has 0 fully saturated rings. The average Bonchev–Trinajstić information content (AvgIpc) is 2.35. The molecule has 0 saturated heterocycles. The van der Waals surface area contributed by atoms with Gasteiger partial charge in [0.05, 0.1) is 11.4 Å². The molecule has 0 aromatic heterocycles. The molecule has 18 heavy (non-hydrogen) atoms. The smallest absolute Gasteiger partial charge is 0.148 e.